The Hall–Kier alpha value is -8.14. The normalized spacial score (nSPS) is 12.2. The monoisotopic (exact) mass is 891 g/mol. The molecular formula is C66H53NO2. The molecule has 2 heterocycles. The van der Waals surface area contributed by atoms with Crippen LogP contribution in [-0.4, -0.2) is 0 Å². The summed E-state index contributed by atoms with van der Waals surface area (Å²) in [5.41, 5.74) is 18.6. The van der Waals surface area contributed by atoms with E-state index in [4.69, 9.17) is 8.83 Å². The Morgan fingerprint density at radius 3 is 1.55 bits per heavy atom. The standard InChI is InChI=1S/C66H53NO2/c1-65(2,3)47-36-46(37-48(41-47)66(4,5)6)52-27-15-18-42-19-16-29-55(63(42)52)53-24-7-10-30-58(53)67(49-22-13-20-43(38-49)44-34-35-61-57(40-44)54-25-8-11-31-59(54)68-61)50-23-14-21-45(39-50)51-28-17-33-62-64(51)56-26-9-12-32-60(56)69-62/h7-41H,1-6H3. The molecule has 0 saturated carbocycles. The fourth-order valence-corrected chi connectivity index (χ4v) is 10.3. The van der Waals surface area contributed by atoms with Crippen LogP contribution in [0.2, 0.25) is 0 Å². The molecule has 0 aliphatic carbocycles. The quantitative estimate of drug-likeness (QED) is 0.160. The summed E-state index contributed by atoms with van der Waals surface area (Å²) in [6.07, 6.45) is 0. The van der Waals surface area contributed by atoms with Crippen LogP contribution < -0.4 is 4.90 Å². The molecule has 0 aliphatic heterocycles. The van der Waals surface area contributed by atoms with Gasteiger partial charge >= 0.3 is 0 Å². The zero-order chi connectivity index (χ0) is 47.0. The molecule has 0 bridgehead atoms. The van der Waals surface area contributed by atoms with Crippen molar-refractivity contribution < 1.29 is 8.83 Å². The number of hydrogen-bond acceptors (Lipinski definition) is 3. The first-order chi connectivity index (χ1) is 33.5. The van der Waals surface area contributed by atoms with Crippen LogP contribution in [0.5, 0.6) is 0 Å². The fraction of sp³-hybridized carbons (Fsp3) is 0.121. The number of hydrogen-bond donors (Lipinski definition) is 0. The number of para-hydroxylation sites is 3. The molecule has 0 N–H and O–H groups in total. The summed E-state index contributed by atoms with van der Waals surface area (Å²) in [4.78, 5) is 2.45. The van der Waals surface area contributed by atoms with Crippen LogP contribution in [0.15, 0.2) is 221 Å². The van der Waals surface area contributed by atoms with Gasteiger partial charge in [-0.3, -0.25) is 0 Å². The Balaban J connectivity index is 1.08. The molecule has 10 aromatic carbocycles. The van der Waals surface area contributed by atoms with Gasteiger partial charge < -0.3 is 13.7 Å². The summed E-state index contributed by atoms with van der Waals surface area (Å²) in [5.74, 6) is 0. The van der Waals surface area contributed by atoms with Crippen LogP contribution in [0.4, 0.5) is 17.1 Å². The van der Waals surface area contributed by atoms with Gasteiger partial charge in [-0.2, -0.15) is 0 Å². The number of rotatable bonds is 7. The highest BCUT2D eigenvalue weighted by Crippen LogP contribution is 2.47. The first-order valence-corrected chi connectivity index (χ1v) is 24.1. The number of benzene rings is 10. The largest absolute Gasteiger partial charge is 0.456 e. The van der Waals surface area contributed by atoms with Crippen molar-refractivity contribution in [3.8, 4) is 44.5 Å². The molecule has 0 fully saturated rings. The maximum absolute atomic E-state index is 6.40. The van der Waals surface area contributed by atoms with E-state index in [2.05, 4.69) is 241 Å². The summed E-state index contributed by atoms with van der Waals surface area (Å²) in [5, 5.41) is 6.90. The van der Waals surface area contributed by atoms with E-state index in [-0.39, 0.29) is 10.8 Å². The van der Waals surface area contributed by atoms with Crippen LogP contribution in [0.25, 0.3) is 99.2 Å². The number of anilines is 3. The highest BCUT2D eigenvalue weighted by Gasteiger charge is 2.25. The van der Waals surface area contributed by atoms with Gasteiger partial charge in [0.25, 0.3) is 0 Å². The summed E-state index contributed by atoms with van der Waals surface area (Å²) >= 11 is 0. The topological polar surface area (TPSA) is 29.5 Å². The third-order valence-corrected chi connectivity index (χ3v) is 13.9. The van der Waals surface area contributed by atoms with Crippen LogP contribution >= 0.6 is 0 Å². The summed E-state index contributed by atoms with van der Waals surface area (Å²) in [7, 11) is 0. The molecule has 0 atom stereocenters. The van der Waals surface area contributed by atoms with E-state index in [1.54, 1.807) is 0 Å². The SMILES string of the molecule is CC(C)(C)c1cc(-c2cccc3cccc(-c4ccccc4N(c4cccc(-c5ccc6oc7ccccc7c6c5)c4)c4cccc(-c5cccc6oc7ccccc7c56)c4)c23)cc(C(C)(C)C)c1. The van der Waals surface area contributed by atoms with E-state index < -0.39 is 0 Å². The number of furan rings is 2. The molecule has 2 aromatic heterocycles. The molecule has 12 aromatic rings. The first kappa shape index (κ1) is 42.2. The maximum Gasteiger partial charge on any atom is 0.136 e. The molecule has 0 radical (unpaired) electrons. The Morgan fingerprint density at radius 1 is 0.319 bits per heavy atom. The van der Waals surface area contributed by atoms with Gasteiger partial charge in [0, 0.05) is 38.5 Å². The average Bonchev–Trinajstić information content (AvgIpc) is 3.94. The molecule has 0 saturated heterocycles. The van der Waals surface area contributed by atoms with Gasteiger partial charge in [0.15, 0.2) is 0 Å². The Labute approximate surface area is 403 Å². The second-order valence-electron chi connectivity index (χ2n) is 20.5. The van der Waals surface area contributed by atoms with Crippen LogP contribution in [0.1, 0.15) is 52.7 Å². The van der Waals surface area contributed by atoms with Crippen molar-refractivity contribution in [2.45, 2.75) is 52.4 Å². The minimum absolute atomic E-state index is 0.0199. The van der Waals surface area contributed by atoms with Crippen LogP contribution in [0, 0.1) is 0 Å². The van der Waals surface area contributed by atoms with Gasteiger partial charge in [0.1, 0.15) is 22.3 Å². The van der Waals surface area contributed by atoms with E-state index in [0.717, 1.165) is 88.8 Å². The van der Waals surface area contributed by atoms with Crippen LogP contribution in [-0.2, 0) is 10.8 Å². The Bertz CT molecular complexity index is 3910. The predicted molar refractivity (Wildman–Crippen MR) is 292 cm³/mol. The lowest BCUT2D eigenvalue weighted by Gasteiger charge is -2.29. The molecule has 3 nitrogen and oxygen atoms in total. The van der Waals surface area contributed by atoms with E-state index >= 15 is 0 Å². The van der Waals surface area contributed by atoms with Gasteiger partial charge in [-0.1, -0.05) is 193 Å². The summed E-state index contributed by atoms with van der Waals surface area (Å²) in [6, 6.07) is 77.3. The van der Waals surface area contributed by atoms with Gasteiger partial charge in [-0.25, -0.2) is 0 Å². The van der Waals surface area contributed by atoms with Crippen molar-refractivity contribution in [3.05, 3.63) is 223 Å². The molecule has 0 amide bonds. The molecule has 0 unspecified atom stereocenters. The third-order valence-electron chi connectivity index (χ3n) is 13.9. The van der Waals surface area contributed by atoms with E-state index in [1.165, 1.54) is 38.6 Å². The van der Waals surface area contributed by atoms with Gasteiger partial charge in [0.05, 0.1) is 5.69 Å². The summed E-state index contributed by atoms with van der Waals surface area (Å²) < 4.78 is 12.7. The number of fused-ring (bicyclic) bond motifs is 7. The minimum atomic E-state index is -0.0199. The van der Waals surface area contributed by atoms with Crippen molar-refractivity contribution in [1.29, 1.82) is 0 Å². The van der Waals surface area contributed by atoms with Crippen molar-refractivity contribution in [2.24, 2.45) is 0 Å². The van der Waals surface area contributed by atoms with Crippen molar-refractivity contribution in [1.82, 2.24) is 0 Å². The maximum atomic E-state index is 6.40. The average molecular weight is 892 g/mol. The third kappa shape index (κ3) is 7.46. The molecular weight excluding hydrogens is 839 g/mol. The first-order valence-electron chi connectivity index (χ1n) is 24.1. The van der Waals surface area contributed by atoms with E-state index in [0.29, 0.717) is 0 Å². The highest BCUT2D eigenvalue weighted by atomic mass is 16.3. The molecule has 334 valence electrons. The Morgan fingerprint density at radius 2 is 0.826 bits per heavy atom. The smallest absolute Gasteiger partial charge is 0.136 e. The second-order valence-corrected chi connectivity index (χ2v) is 20.5. The van der Waals surface area contributed by atoms with E-state index in [9.17, 15) is 0 Å². The Kier molecular flexibility index (Phi) is 9.97. The molecule has 69 heavy (non-hydrogen) atoms. The van der Waals surface area contributed by atoms with Gasteiger partial charge in [-0.05, 0) is 132 Å². The van der Waals surface area contributed by atoms with Gasteiger partial charge in [0.2, 0.25) is 0 Å². The lowest BCUT2D eigenvalue weighted by Crippen LogP contribution is -2.16. The second kappa shape index (κ2) is 16.3. The lowest BCUT2D eigenvalue weighted by molar-refractivity contribution is 0.569. The fourth-order valence-electron chi connectivity index (χ4n) is 10.3. The van der Waals surface area contributed by atoms with Crippen molar-refractivity contribution in [3.63, 3.8) is 0 Å². The zero-order valence-electron chi connectivity index (χ0n) is 40.0. The predicted octanol–water partition coefficient (Wildman–Crippen LogP) is 19.4. The molecule has 0 aliphatic rings. The molecule has 3 heteroatoms. The minimum Gasteiger partial charge on any atom is -0.456 e. The highest BCUT2D eigenvalue weighted by molar-refractivity contribution is 6.13. The molecule has 0 spiro atoms. The van der Waals surface area contributed by atoms with Gasteiger partial charge in [-0.15, -0.1) is 0 Å². The van der Waals surface area contributed by atoms with Crippen molar-refractivity contribution in [2.75, 3.05) is 4.90 Å². The lowest BCUT2D eigenvalue weighted by atomic mass is 9.78. The van der Waals surface area contributed by atoms with E-state index in [1.807, 2.05) is 18.2 Å². The zero-order valence-corrected chi connectivity index (χ0v) is 40.0. The van der Waals surface area contributed by atoms with Crippen LogP contribution in [0.3, 0.4) is 0 Å². The summed E-state index contributed by atoms with van der Waals surface area (Å²) in [6.45, 7) is 13.9. The van der Waals surface area contributed by atoms with Crippen molar-refractivity contribution >= 4 is 71.7 Å². The molecule has 12 rings (SSSR count). The number of nitrogens with zero attached hydrogens (tertiary/aromatic N) is 1.